The maximum atomic E-state index is 14.3. The Kier molecular flexibility index (Phi) is 3.61. The van der Waals surface area contributed by atoms with Crippen molar-refractivity contribution in [2.24, 2.45) is 0 Å². The summed E-state index contributed by atoms with van der Waals surface area (Å²) in [5.74, 6) is 1.36. The molecule has 0 aliphatic carbocycles. The van der Waals surface area contributed by atoms with Gasteiger partial charge in [-0.3, -0.25) is 0 Å². The maximum absolute atomic E-state index is 14.3. The first-order valence-corrected chi connectivity index (χ1v) is 7.76. The molecule has 1 aliphatic rings. The lowest BCUT2D eigenvalue weighted by molar-refractivity contribution is 0.172. The molecule has 1 aromatic heterocycles. The van der Waals surface area contributed by atoms with Gasteiger partial charge < -0.3 is 14.8 Å². The van der Waals surface area contributed by atoms with Crippen LogP contribution in [0.1, 0.15) is 5.56 Å². The molecule has 0 atom stereocenters. The van der Waals surface area contributed by atoms with Gasteiger partial charge in [0.1, 0.15) is 31.2 Å². The van der Waals surface area contributed by atoms with E-state index < -0.39 is 0 Å². The third-order valence-electron chi connectivity index (χ3n) is 3.77. The van der Waals surface area contributed by atoms with Gasteiger partial charge in [0.2, 0.25) is 0 Å². The molecule has 0 saturated carbocycles. The second-order valence-corrected chi connectivity index (χ2v) is 5.88. The third kappa shape index (κ3) is 2.59. The molecular formula is C17H13ClFN3O2. The van der Waals surface area contributed by atoms with E-state index in [9.17, 15) is 4.39 Å². The quantitative estimate of drug-likeness (QED) is 0.752. The zero-order valence-electron chi connectivity index (χ0n) is 12.8. The molecule has 0 radical (unpaired) electrons. The number of aromatic nitrogens is 2. The van der Waals surface area contributed by atoms with Gasteiger partial charge in [-0.05, 0) is 30.7 Å². The van der Waals surface area contributed by atoms with Crippen LogP contribution in [0.4, 0.5) is 15.9 Å². The minimum atomic E-state index is -0.372. The summed E-state index contributed by atoms with van der Waals surface area (Å²) in [7, 11) is 0. The number of ether oxygens (including phenoxy) is 2. The average molecular weight is 346 g/mol. The second kappa shape index (κ2) is 5.79. The monoisotopic (exact) mass is 345 g/mol. The topological polar surface area (TPSA) is 56.3 Å². The van der Waals surface area contributed by atoms with Gasteiger partial charge in [0.25, 0.3) is 0 Å². The highest BCUT2D eigenvalue weighted by Crippen LogP contribution is 2.37. The Bertz CT molecular complexity index is 949. The first kappa shape index (κ1) is 15.0. The van der Waals surface area contributed by atoms with Crippen molar-refractivity contribution < 1.29 is 13.9 Å². The summed E-state index contributed by atoms with van der Waals surface area (Å²) >= 11 is 6.03. The molecule has 0 unspecified atom stereocenters. The van der Waals surface area contributed by atoms with Gasteiger partial charge in [0.15, 0.2) is 11.5 Å². The molecule has 3 aromatic rings. The number of hydrogen-bond donors (Lipinski definition) is 1. The van der Waals surface area contributed by atoms with Crippen molar-refractivity contribution >= 4 is 34.0 Å². The number of nitrogens with one attached hydrogen (secondary N) is 1. The number of hydrogen-bond acceptors (Lipinski definition) is 5. The van der Waals surface area contributed by atoms with Crippen LogP contribution in [0.2, 0.25) is 5.02 Å². The number of rotatable bonds is 2. The number of halogens is 2. The fourth-order valence-electron chi connectivity index (χ4n) is 2.64. The van der Waals surface area contributed by atoms with Crippen molar-refractivity contribution in [3.05, 3.63) is 47.0 Å². The Morgan fingerprint density at radius 2 is 1.83 bits per heavy atom. The molecule has 2 heterocycles. The fourth-order valence-corrected chi connectivity index (χ4v) is 2.91. The molecule has 5 nitrogen and oxygen atoms in total. The van der Waals surface area contributed by atoms with E-state index in [4.69, 9.17) is 21.1 Å². The SMILES string of the molecule is Cc1cc(Cl)cc(Nc2ncnc3cc4c(cc23)OCCO4)c1F. The van der Waals surface area contributed by atoms with Crippen LogP contribution in [0.25, 0.3) is 10.9 Å². The summed E-state index contributed by atoms with van der Waals surface area (Å²) in [6.07, 6.45) is 1.41. The number of fused-ring (bicyclic) bond motifs is 2. The van der Waals surface area contributed by atoms with Crippen molar-refractivity contribution in [3.8, 4) is 11.5 Å². The van der Waals surface area contributed by atoms with E-state index in [1.165, 1.54) is 12.4 Å². The molecule has 0 bridgehead atoms. The minimum Gasteiger partial charge on any atom is -0.486 e. The molecule has 2 aromatic carbocycles. The van der Waals surface area contributed by atoms with E-state index in [2.05, 4.69) is 15.3 Å². The molecule has 24 heavy (non-hydrogen) atoms. The zero-order chi connectivity index (χ0) is 16.7. The predicted molar refractivity (Wildman–Crippen MR) is 90.0 cm³/mol. The van der Waals surface area contributed by atoms with Crippen LogP contribution < -0.4 is 14.8 Å². The molecule has 4 rings (SSSR count). The van der Waals surface area contributed by atoms with Crippen molar-refractivity contribution in [1.29, 1.82) is 0 Å². The second-order valence-electron chi connectivity index (χ2n) is 5.44. The molecule has 0 amide bonds. The summed E-state index contributed by atoms with van der Waals surface area (Å²) < 4.78 is 25.5. The summed E-state index contributed by atoms with van der Waals surface area (Å²) in [6, 6.07) is 6.68. The molecule has 1 aliphatic heterocycles. The Labute approximate surface area is 142 Å². The van der Waals surface area contributed by atoms with E-state index in [1.54, 1.807) is 25.1 Å². The lowest BCUT2D eigenvalue weighted by Gasteiger charge is -2.19. The standard InChI is InChI=1S/C17H13ClFN3O2/c1-9-4-10(18)5-13(16(9)19)22-17-11-6-14-15(24-3-2-23-14)7-12(11)20-8-21-17/h4-8H,2-3H2,1H3,(H,20,21,22). The van der Waals surface area contributed by atoms with Gasteiger partial charge >= 0.3 is 0 Å². The summed E-state index contributed by atoms with van der Waals surface area (Å²) in [5, 5.41) is 4.15. The van der Waals surface area contributed by atoms with Gasteiger partial charge in [-0.2, -0.15) is 0 Å². The molecule has 7 heteroatoms. The van der Waals surface area contributed by atoms with Crippen LogP contribution in [-0.4, -0.2) is 23.2 Å². The molecule has 1 N–H and O–H groups in total. The zero-order valence-corrected chi connectivity index (χ0v) is 13.5. The summed E-state index contributed by atoms with van der Waals surface area (Å²) in [5.41, 5.74) is 1.39. The largest absolute Gasteiger partial charge is 0.486 e. The highest BCUT2D eigenvalue weighted by molar-refractivity contribution is 6.31. The van der Waals surface area contributed by atoms with Crippen LogP contribution in [0.5, 0.6) is 11.5 Å². The van der Waals surface area contributed by atoms with E-state index in [0.717, 1.165) is 0 Å². The van der Waals surface area contributed by atoms with Gasteiger partial charge in [-0.1, -0.05) is 11.6 Å². The van der Waals surface area contributed by atoms with Crippen LogP contribution in [-0.2, 0) is 0 Å². The predicted octanol–water partition coefficient (Wildman–Crippen LogP) is 4.25. The van der Waals surface area contributed by atoms with E-state index in [0.29, 0.717) is 52.0 Å². The Hall–Kier alpha value is -2.60. The van der Waals surface area contributed by atoms with Gasteiger partial charge in [0.05, 0.1) is 11.2 Å². The maximum Gasteiger partial charge on any atom is 0.163 e. The minimum absolute atomic E-state index is 0.259. The van der Waals surface area contributed by atoms with E-state index >= 15 is 0 Å². The Morgan fingerprint density at radius 1 is 1.08 bits per heavy atom. The van der Waals surface area contributed by atoms with Gasteiger partial charge in [-0.15, -0.1) is 0 Å². The first-order chi connectivity index (χ1) is 11.6. The van der Waals surface area contributed by atoms with Crippen LogP contribution in [0.15, 0.2) is 30.6 Å². The third-order valence-corrected chi connectivity index (χ3v) is 3.99. The van der Waals surface area contributed by atoms with Gasteiger partial charge in [0, 0.05) is 16.5 Å². The lowest BCUT2D eigenvalue weighted by Crippen LogP contribution is -2.15. The van der Waals surface area contributed by atoms with E-state index in [-0.39, 0.29) is 11.5 Å². The Morgan fingerprint density at radius 3 is 2.62 bits per heavy atom. The molecule has 0 fully saturated rings. The number of nitrogens with zero attached hydrogens (tertiary/aromatic N) is 2. The van der Waals surface area contributed by atoms with Gasteiger partial charge in [-0.25, -0.2) is 14.4 Å². The molecular weight excluding hydrogens is 333 g/mol. The normalized spacial score (nSPS) is 13.1. The molecule has 0 saturated heterocycles. The number of aryl methyl sites for hydroxylation is 1. The highest BCUT2D eigenvalue weighted by Gasteiger charge is 2.16. The average Bonchev–Trinajstić information content (AvgIpc) is 2.58. The summed E-state index contributed by atoms with van der Waals surface area (Å²) in [4.78, 5) is 8.47. The van der Waals surface area contributed by atoms with Crippen molar-refractivity contribution in [2.45, 2.75) is 6.92 Å². The van der Waals surface area contributed by atoms with E-state index in [1.807, 2.05) is 0 Å². The summed E-state index contributed by atoms with van der Waals surface area (Å²) in [6.45, 7) is 2.64. The lowest BCUT2D eigenvalue weighted by atomic mass is 10.1. The smallest absolute Gasteiger partial charge is 0.163 e. The molecule has 0 spiro atoms. The molecule has 122 valence electrons. The van der Waals surface area contributed by atoms with Crippen molar-refractivity contribution in [3.63, 3.8) is 0 Å². The van der Waals surface area contributed by atoms with Crippen LogP contribution in [0, 0.1) is 12.7 Å². The van der Waals surface area contributed by atoms with Crippen LogP contribution >= 0.6 is 11.6 Å². The Balaban J connectivity index is 1.82. The number of anilines is 2. The first-order valence-electron chi connectivity index (χ1n) is 7.39. The number of benzene rings is 2. The van der Waals surface area contributed by atoms with Crippen molar-refractivity contribution in [2.75, 3.05) is 18.5 Å². The van der Waals surface area contributed by atoms with Crippen LogP contribution in [0.3, 0.4) is 0 Å². The highest BCUT2D eigenvalue weighted by atomic mass is 35.5. The fraction of sp³-hybridized carbons (Fsp3) is 0.176. The van der Waals surface area contributed by atoms with Crippen molar-refractivity contribution in [1.82, 2.24) is 9.97 Å².